The standard InChI is InChI=1S/C8H7NO5.C5H10O3/c10-8(11)14-5-6-1-3-7(4-2-6)9(12)13;1-5(2,3)8-4(6)7/h1-4H,5H2,(H,10,11);1-3H3,(H,6,7). The van der Waals surface area contributed by atoms with E-state index in [9.17, 15) is 19.7 Å². The molecule has 0 saturated heterocycles. The fourth-order valence-corrected chi connectivity index (χ4v) is 1.12. The van der Waals surface area contributed by atoms with Crippen LogP contribution in [0.2, 0.25) is 0 Å². The molecule has 0 spiro atoms. The first-order valence-electron chi connectivity index (χ1n) is 6.02. The van der Waals surface area contributed by atoms with E-state index in [-0.39, 0.29) is 12.3 Å². The third kappa shape index (κ3) is 10.0. The lowest BCUT2D eigenvalue weighted by Crippen LogP contribution is -2.22. The van der Waals surface area contributed by atoms with E-state index in [1.54, 1.807) is 20.8 Å². The quantitative estimate of drug-likeness (QED) is 0.492. The molecule has 0 radical (unpaired) electrons. The van der Waals surface area contributed by atoms with E-state index in [4.69, 9.17) is 10.2 Å². The van der Waals surface area contributed by atoms with E-state index in [1.807, 2.05) is 0 Å². The number of non-ortho nitro benzene ring substituents is 1. The van der Waals surface area contributed by atoms with Crippen LogP contribution in [0.3, 0.4) is 0 Å². The van der Waals surface area contributed by atoms with Crippen molar-refractivity contribution in [3.63, 3.8) is 0 Å². The fraction of sp³-hybridized carbons (Fsp3) is 0.385. The van der Waals surface area contributed by atoms with Crippen LogP contribution in [-0.2, 0) is 16.1 Å². The number of hydrogen-bond acceptors (Lipinski definition) is 6. The lowest BCUT2D eigenvalue weighted by molar-refractivity contribution is -0.384. The molecule has 0 fully saturated rings. The van der Waals surface area contributed by atoms with Gasteiger partial charge in [-0.05, 0) is 38.5 Å². The number of carboxylic acid groups (broad SMARTS) is 2. The van der Waals surface area contributed by atoms with Gasteiger partial charge in [0.05, 0.1) is 4.92 Å². The molecule has 2 N–H and O–H groups in total. The van der Waals surface area contributed by atoms with Crippen LogP contribution < -0.4 is 0 Å². The number of rotatable bonds is 3. The molecule has 0 aliphatic rings. The molecule has 0 atom stereocenters. The summed E-state index contributed by atoms with van der Waals surface area (Å²) in [5.74, 6) is 0. The highest BCUT2D eigenvalue weighted by atomic mass is 16.7. The van der Waals surface area contributed by atoms with Crippen molar-refractivity contribution in [2.45, 2.75) is 33.0 Å². The van der Waals surface area contributed by atoms with E-state index in [2.05, 4.69) is 9.47 Å². The summed E-state index contributed by atoms with van der Waals surface area (Å²) in [6.07, 6.45) is -2.60. The lowest BCUT2D eigenvalue weighted by Gasteiger charge is -2.15. The fourth-order valence-electron chi connectivity index (χ4n) is 1.12. The number of nitro groups is 1. The summed E-state index contributed by atoms with van der Waals surface area (Å²) < 4.78 is 8.63. The van der Waals surface area contributed by atoms with Crippen LogP contribution in [0.1, 0.15) is 26.3 Å². The number of hydrogen-bond donors (Lipinski definition) is 2. The van der Waals surface area contributed by atoms with Crippen molar-refractivity contribution < 1.29 is 34.2 Å². The molecule has 22 heavy (non-hydrogen) atoms. The van der Waals surface area contributed by atoms with Crippen LogP contribution in [0.4, 0.5) is 15.3 Å². The average Bonchev–Trinajstić information content (AvgIpc) is 2.34. The highest BCUT2D eigenvalue weighted by Gasteiger charge is 2.14. The third-order valence-corrected chi connectivity index (χ3v) is 1.90. The SMILES string of the molecule is CC(C)(C)OC(=O)O.O=C(O)OCc1ccc([N+](=O)[O-])cc1. The van der Waals surface area contributed by atoms with Gasteiger partial charge in [0.1, 0.15) is 12.2 Å². The summed E-state index contributed by atoms with van der Waals surface area (Å²) >= 11 is 0. The van der Waals surface area contributed by atoms with Crippen molar-refractivity contribution >= 4 is 18.0 Å². The van der Waals surface area contributed by atoms with Gasteiger partial charge in [-0.3, -0.25) is 10.1 Å². The van der Waals surface area contributed by atoms with Gasteiger partial charge in [-0.25, -0.2) is 9.59 Å². The summed E-state index contributed by atoms with van der Waals surface area (Å²) in [6.45, 7) is 4.94. The van der Waals surface area contributed by atoms with Crippen LogP contribution in [0.5, 0.6) is 0 Å². The summed E-state index contributed by atoms with van der Waals surface area (Å²) in [7, 11) is 0. The van der Waals surface area contributed by atoms with Crippen molar-refractivity contribution in [2.75, 3.05) is 0 Å². The van der Waals surface area contributed by atoms with Crippen molar-refractivity contribution in [2.24, 2.45) is 0 Å². The smallest absolute Gasteiger partial charge is 0.450 e. The molecule has 9 nitrogen and oxygen atoms in total. The molecular weight excluding hydrogens is 298 g/mol. The molecule has 0 aliphatic carbocycles. The Bertz CT molecular complexity index is 518. The zero-order chi connectivity index (χ0) is 17.3. The minimum atomic E-state index is -1.37. The van der Waals surface area contributed by atoms with Crippen LogP contribution in [0.25, 0.3) is 0 Å². The highest BCUT2D eigenvalue weighted by molar-refractivity contribution is 5.57. The largest absolute Gasteiger partial charge is 0.506 e. The summed E-state index contributed by atoms with van der Waals surface area (Å²) in [6, 6.07) is 5.48. The number of nitro benzene ring substituents is 1. The van der Waals surface area contributed by atoms with Gasteiger partial charge in [0.25, 0.3) is 5.69 Å². The van der Waals surface area contributed by atoms with E-state index in [1.165, 1.54) is 24.3 Å². The molecule has 1 rings (SSSR count). The monoisotopic (exact) mass is 315 g/mol. The van der Waals surface area contributed by atoms with Gasteiger partial charge >= 0.3 is 12.3 Å². The molecule has 0 bridgehead atoms. The van der Waals surface area contributed by atoms with Gasteiger partial charge in [-0.15, -0.1) is 0 Å². The van der Waals surface area contributed by atoms with Gasteiger partial charge in [0, 0.05) is 12.1 Å². The number of nitrogens with zero attached hydrogens (tertiary/aromatic N) is 1. The molecule has 1 aromatic carbocycles. The van der Waals surface area contributed by atoms with Crippen LogP contribution in [-0.4, -0.2) is 33.0 Å². The Labute approximate surface area is 126 Å². The van der Waals surface area contributed by atoms with Crippen molar-refractivity contribution in [1.82, 2.24) is 0 Å². The Kier molecular flexibility index (Phi) is 7.36. The number of benzene rings is 1. The summed E-state index contributed by atoms with van der Waals surface area (Å²) in [5.41, 5.74) is -0.0478. The maximum absolute atomic E-state index is 10.3. The topological polar surface area (TPSA) is 136 Å². The molecule has 0 amide bonds. The molecule has 0 unspecified atom stereocenters. The van der Waals surface area contributed by atoms with E-state index < -0.39 is 22.8 Å². The minimum Gasteiger partial charge on any atom is -0.450 e. The van der Waals surface area contributed by atoms with E-state index in [0.717, 1.165) is 0 Å². The molecule has 0 aliphatic heterocycles. The molecule has 1 aromatic rings. The van der Waals surface area contributed by atoms with E-state index in [0.29, 0.717) is 5.56 Å². The van der Waals surface area contributed by atoms with Gasteiger partial charge in [-0.2, -0.15) is 0 Å². The van der Waals surface area contributed by atoms with Gasteiger partial charge in [0.2, 0.25) is 0 Å². The van der Waals surface area contributed by atoms with Crippen LogP contribution in [0, 0.1) is 10.1 Å². The normalized spacial score (nSPS) is 9.95. The van der Waals surface area contributed by atoms with Gasteiger partial charge in [-0.1, -0.05) is 0 Å². The average molecular weight is 315 g/mol. The third-order valence-electron chi connectivity index (χ3n) is 1.90. The first kappa shape index (κ1) is 19.2. The molecular formula is C13H17NO8. The Balaban J connectivity index is 0.000000472. The maximum Gasteiger partial charge on any atom is 0.506 e. The maximum atomic E-state index is 10.3. The predicted molar refractivity (Wildman–Crippen MR) is 74.8 cm³/mol. The van der Waals surface area contributed by atoms with Gasteiger partial charge < -0.3 is 19.7 Å². The second kappa shape index (κ2) is 8.45. The van der Waals surface area contributed by atoms with Crippen LogP contribution >= 0.6 is 0 Å². The molecule has 0 aromatic heterocycles. The second-order valence-corrected chi connectivity index (χ2v) is 4.96. The minimum absolute atomic E-state index is 0.0379. The first-order chi connectivity index (χ1) is 10.0. The van der Waals surface area contributed by atoms with Crippen molar-refractivity contribution in [1.29, 1.82) is 0 Å². The number of ether oxygens (including phenoxy) is 2. The summed E-state index contributed by atoms with van der Waals surface area (Å²) in [5, 5.41) is 26.5. The molecule has 122 valence electrons. The molecule has 0 saturated carbocycles. The number of carbonyl (C=O) groups is 2. The highest BCUT2D eigenvalue weighted by Crippen LogP contribution is 2.12. The zero-order valence-electron chi connectivity index (χ0n) is 12.3. The predicted octanol–water partition coefficient (Wildman–Crippen LogP) is 3.27. The van der Waals surface area contributed by atoms with Crippen LogP contribution in [0.15, 0.2) is 24.3 Å². The Morgan fingerprint density at radius 1 is 1.14 bits per heavy atom. The summed E-state index contributed by atoms with van der Waals surface area (Å²) in [4.78, 5) is 29.5. The Morgan fingerprint density at radius 2 is 1.64 bits per heavy atom. The van der Waals surface area contributed by atoms with Crippen molar-refractivity contribution in [3.05, 3.63) is 39.9 Å². The molecule has 9 heteroatoms. The molecule has 0 heterocycles. The van der Waals surface area contributed by atoms with E-state index >= 15 is 0 Å². The Morgan fingerprint density at radius 3 is 1.91 bits per heavy atom. The Hall–Kier alpha value is -2.84. The lowest BCUT2D eigenvalue weighted by atomic mass is 10.2. The van der Waals surface area contributed by atoms with Gasteiger partial charge in [0.15, 0.2) is 0 Å². The zero-order valence-corrected chi connectivity index (χ0v) is 12.3. The second-order valence-electron chi connectivity index (χ2n) is 4.96. The van der Waals surface area contributed by atoms with Crippen molar-refractivity contribution in [3.8, 4) is 0 Å². The first-order valence-corrected chi connectivity index (χ1v) is 6.02.